The van der Waals surface area contributed by atoms with Gasteiger partial charge >= 0.3 is 0 Å². The summed E-state index contributed by atoms with van der Waals surface area (Å²) in [6.45, 7) is 13.0. The average Bonchev–Trinajstić information content (AvgIpc) is 3.11. The number of aliphatic hydroxyl groups is 1. The molecule has 0 amide bonds. The first-order valence-electron chi connectivity index (χ1n) is 9.09. The van der Waals surface area contributed by atoms with Crippen LogP contribution < -0.4 is 10.6 Å². The van der Waals surface area contributed by atoms with Crippen LogP contribution in [0, 0.1) is 0 Å². The summed E-state index contributed by atoms with van der Waals surface area (Å²) in [6.07, 6.45) is 3.09. The third kappa shape index (κ3) is 10.1. The van der Waals surface area contributed by atoms with Crippen molar-refractivity contribution >= 4 is 29.9 Å². The van der Waals surface area contributed by atoms with Crippen molar-refractivity contribution in [2.45, 2.75) is 52.7 Å². The van der Waals surface area contributed by atoms with E-state index >= 15 is 0 Å². The van der Waals surface area contributed by atoms with Crippen molar-refractivity contribution in [3.8, 4) is 0 Å². The highest BCUT2D eigenvalue weighted by Crippen LogP contribution is 2.12. The van der Waals surface area contributed by atoms with Gasteiger partial charge in [-0.25, -0.2) is 0 Å². The predicted molar refractivity (Wildman–Crippen MR) is 115 cm³/mol. The normalized spacial score (nSPS) is 14.1. The van der Waals surface area contributed by atoms with Crippen LogP contribution in [0.1, 0.15) is 52.4 Å². The summed E-state index contributed by atoms with van der Waals surface area (Å²) in [4.78, 5) is 6.90. The third-order valence-corrected chi connectivity index (χ3v) is 4.03. The van der Waals surface area contributed by atoms with Crippen LogP contribution >= 0.6 is 24.0 Å². The molecule has 0 aliphatic rings. The topological polar surface area (TPSA) is 73.0 Å². The van der Waals surface area contributed by atoms with Crippen molar-refractivity contribution in [3.63, 3.8) is 0 Å². The molecule has 1 aromatic rings. The van der Waals surface area contributed by atoms with Crippen molar-refractivity contribution in [1.29, 1.82) is 0 Å². The molecule has 7 heteroatoms. The number of furan rings is 1. The maximum absolute atomic E-state index is 10.1. The first kappa shape index (κ1) is 24.2. The van der Waals surface area contributed by atoms with Gasteiger partial charge in [-0.2, -0.15) is 0 Å². The molecule has 1 heterocycles. The van der Waals surface area contributed by atoms with Gasteiger partial charge in [-0.05, 0) is 58.5 Å². The van der Waals surface area contributed by atoms with Gasteiger partial charge in [0, 0.05) is 12.6 Å². The predicted octanol–water partition coefficient (Wildman–Crippen LogP) is 3.00. The Morgan fingerprint density at radius 3 is 2.60 bits per heavy atom. The fourth-order valence-electron chi connectivity index (χ4n) is 2.54. The number of nitrogens with zero attached hydrogens (tertiary/aromatic N) is 2. The molecule has 0 saturated heterocycles. The highest BCUT2D eigenvalue weighted by molar-refractivity contribution is 14.0. The molecule has 0 radical (unpaired) electrons. The summed E-state index contributed by atoms with van der Waals surface area (Å²) in [7, 11) is 0. The molecule has 25 heavy (non-hydrogen) atoms. The number of aliphatic hydroxyl groups excluding tert-OH is 1. The summed E-state index contributed by atoms with van der Waals surface area (Å²) >= 11 is 0. The Hall–Kier alpha value is -0.800. The molecular formula is C18H35IN4O2. The van der Waals surface area contributed by atoms with Crippen LogP contribution in [0.25, 0.3) is 0 Å². The third-order valence-electron chi connectivity index (χ3n) is 4.03. The number of halogens is 1. The molecular weight excluding hydrogens is 431 g/mol. The van der Waals surface area contributed by atoms with Crippen LogP contribution in [0.3, 0.4) is 0 Å². The van der Waals surface area contributed by atoms with Gasteiger partial charge in [-0.15, -0.1) is 24.0 Å². The molecule has 1 rings (SSSR count). The molecule has 0 saturated carbocycles. The second-order valence-corrected chi connectivity index (χ2v) is 5.97. The van der Waals surface area contributed by atoms with E-state index in [1.54, 1.807) is 18.4 Å². The second kappa shape index (κ2) is 14.4. The molecule has 0 fully saturated rings. The first-order valence-corrected chi connectivity index (χ1v) is 9.09. The minimum Gasteiger partial charge on any atom is -0.467 e. The lowest BCUT2D eigenvalue weighted by atomic mass is 10.2. The Morgan fingerprint density at radius 2 is 2.04 bits per heavy atom. The second-order valence-electron chi connectivity index (χ2n) is 5.97. The van der Waals surface area contributed by atoms with E-state index in [9.17, 15) is 5.11 Å². The van der Waals surface area contributed by atoms with Crippen LogP contribution in [0.4, 0.5) is 0 Å². The number of nitrogens with one attached hydrogen (secondary N) is 2. The molecule has 2 atom stereocenters. The Morgan fingerprint density at radius 1 is 1.32 bits per heavy atom. The molecule has 0 spiro atoms. The molecule has 146 valence electrons. The van der Waals surface area contributed by atoms with Crippen molar-refractivity contribution in [2.75, 3.05) is 32.7 Å². The van der Waals surface area contributed by atoms with Crippen molar-refractivity contribution in [3.05, 3.63) is 24.2 Å². The highest BCUT2D eigenvalue weighted by Gasteiger charge is 2.11. The van der Waals surface area contributed by atoms with E-state index in [2.05, 4.69) is 41.3 Å². The van der Waals surface area contributed by atoms with E-state index in [-0.39, 0.29) is 30.5 Å². The number of aliphatic imine (C=N–C) groups is 1. The maximum Gasteiger partial charge on any atom is 0.191 e. The number of rotatable bonds is 11. The Bertz CT molecular complexity index is 450. The summed E-state index contributed by atoms with van der Waals surface area (Å²) < 4.78 is 5.20. The lowest BCUT2D eigenvalue weighted by molar-refractivity contribution is 0.158. The zero-order valence-electron chi connectivity index (χ0n) is 16.0. The van der Waals surface area contributed by atoms with Gasteiger partial charge < -0.3 is 25.1 Å². The van der Waals surface area contributed by atoms with Crippen molar-refractivity contribution in [1.82, 2.24) is 15.5 Å². The van der Waals surface area contributed by atoms with E-state index in [0.29, 0.717) is 11.8 Å². The van der Waals surface area contributed by atoms with E-state index < -0.39 is 6.10 Å². The average molecular weight is 466 g/mol. The lowest BCUT2D eigenvalue weighted by Crippen LogP contribution is -2.42. The van der Waals surface area contributed by atoms with Crippen LogP contribution in [-0.2, 0) is 0 Å². The van der Waals surface area contributed by atoms with Gasteiger partial charge in [0.1, 0.15) is 11.9 Å². The Balaban J connectivity index is 0.00000576. The summed E-state index contributed by atoms with van der Waals surface area (Å²) in [6, 6.07) is 3.86. The monoisotopic (exact) mass is 466 g/mol. The zero-order valence-corrected chi connectivity index (χ0v) is 18.3. The van der Waals surface area contributed by atoms with Gasteiger partial charge in [0.2, 0.25) is 0 Å². The minimum absolute atomic E-state index is 0. The van der Waals surface area contributed by atoms with Crippen LogP contribution in [0.2, 0.25) is 0 Å². The first-order chi connectivity index (χ1) is 11.6. The summed E-state index contributed by atoms with van der Waals surface area (Å²) in [5.74, 6) is 1.28. The fourth-order valence-corrected chi connectivity index (χ4v) is 2.54. The molecule has 0 aliphatic heterocycles. The van der Waals surface area contributed by atoms with Gasteiger partial charge in [0.05, 0.1) is 12.8 Å². The number of hydrogen-bond acceptors (Lipinski definition) is 4. The molecule has 2 unspecified atom stereocenters. The van der Waals surface area contributed by atoms with E-state index in [0.717, 1.165) is 45.0 Å². The van der Waals surface area contributed by atoms with Crippen LogP contribution in [-0.4, -0.2) is 54.7 Å². The smallest absolute Gasteiger partial charge is 0.191 e. The lowest BCUT2D eigenvalue weighted by Gasteiger charge is -2.21. The number of hydrogen-bond donors (Lipinski definition) is 3. The fraction of sp³-hybridized carbons (Fsp3) is 0.722. The van der Waals surface area contributed by atoms with Crippen molar-refractivity contribution in [2.24, 2.45) is 4.99 Å². The zero-order chi connectivity index (χ0) is 17.8. The summed E-state index contributed by atoms with van der Waals surface area (Å²) in [5, 5.41) is 16.7. The highest BCUT2D eigenvalue weighted by atomic mass is 127. The molecule has 0 bridgehead atoms. The number of guanidine groups is 1. The standard InChI is InChI=1S/C18H34N4O2.HI/c1-5-19-18(20-14-16(23)17-11-9-13-24-17)21-15(4)10-8-12-22(6-2)7-3;/h9,11,13,15-16,23H,5-8,10,12,14H2,1-4H3,(H2,19,20,21);1H. The van der Waals surface area contributed by atoms with E-state index in [1.807, 2.05) is 6.92 Å². The van der Waals surface area contributed by atoms with Gasteiger partial charge in [-0.3, -0.25) is 4.99 Å². The van der Waals surface area contributed by atoms with E-state index in [1.165, 1.54) is 0 Å². The molecule has 6 nitrogen and oxygen atoms in total. The van der Waals surface area contributed by atoms with Gasteiger partial charge in [0.15, 0.2) is 5.96 Å². The summed E-state index contributed by atoms with van der Waals surface area (Å²) in [5.41, 5.74) is 0. The molecule has 1 aromatic heterocycles. The largest absolute Gasteiger partial charge is 0.467 e. The molecule has 0 aromatic carbocycles. The SMILES string of the molecule is CCNC(=NCC(O)c1ccco1)NC(C)CCCN(CC)CC.I. The molecule has 3 N–H and O–H groups in total. The van der Waals surface area contributed by atoms with Crippen LogP contribution in [0.5, 0.6) is 0 Å². The van der Waals surface area contributed by atoms with E-state index in [4.69, 9.17) is 4.42 Å². The van der Waals surface area contributed by atoms with Gasteiger partial charge in [-0.1, -0.05) is 13.8 Å². The van der Waals surface area contributed by atoms with Gasteiger partial charge in [0.25, 0.3) is 0 Å². The maximum atomic E-state index is 10.1. The Labute approximate surface area is 169 Å². The van der Waals surface area contributed by atoms with Crippen molar-refractivity contribution < 1.29 is 9.52 Å². The molecule has 0 aliphatic carbocycles. The quantitative estimate of drug-likeness (QED) is 0.266. The minimum atomic E-state index is -0.714. The van der Waals surface area contributed by atoms with Crippen LogP contribution in [0.15, 0.2) is 27.8 Å². The Kier molecular flexibility index (Phi) is 13.9.